The first kappa shape index (κ1) is 13.1. The molecule has 7 heteroatoms. The SMILES string of the molecule is O=S1(=O)CCC(c2noc(CCC3CCNC3)n2)C1. The summed E-state index contributed by atoms with van der Waals surface area (Å²) in [5.41, 5.74) is 0. The molecule has 0 radical (unpaired) electrons. The summed E-state index contributed by atoms with van der Waals surface area (Å²) in [6.07, 6.45) is 3.67. The van der Waals surface area contributed by atoms with Crippen molar-refractivity contribution in [3.05, 3.63) is 11.7 Å². The van der Waals surface area contributed by atoms with Gasteiger partial charge in [-0.2, -0.15) is 4.98 Å². The normalized spacial score (nSPS) is 29.9. The Balaban J connectivity index is 1.57. The van der Waals surface area contributed by atoms with Crippen LogP contribution in [-0.4, -0.2) is 43.2 Å². The minimum Gasteiger partial charge on any atom is -0.339 e. The summed E-state index contributed by atoms with van der Waals surface area (Å²) in [4.78, 5) is 4.36. The molecule has 2 saturated heterocycles. The maximum Gasteiger partial charge on any atom is 0.226 e. The van der Waals surface area contributed by atoms with Crippen LogP contribution in [-0.2, 0) is 16.3 Å². The first-order valence-electron chi connectivity index (χ1n) is 6.86. The van der Waals surface area contributed by atoms with Crippen LogP contribution in [0.1, 0.15) is 36.9 Å². The summed E-state index contributed by atoms with van der Waals surface area (Å²) >= 11 is 0. The fourth-order valence-corrected chi connectivity index (χ4v) is 4.56. The van der Waals surface area contributed by atoms with Crippen molar-refractivity contribution in [2.45, 2.75) is 31.6 Å². The molecule has 2 fully saturated rings. The van der Waals surface area contributed by atoms with Crippen LogP contribution in [0, 0.1) is 5.92 Å². The molecule has 2 unspecified atom stereocenters. The van der Waals surface area contributed by atoms with Gasteiger partial charge in [0.25, 0.3) is 0 Å². The Hall–Kier alpha value is -0.950. The van der Waals surface area contributed by atoms with E-state index in [9.17, 15) is 8.42 Å². The second-order valence-corrected chi connectivity index (χ2v) is 7.77. The molecule has 2 atom stereocenters. The van der Waals surface area contributed by atoms with Gasteiger partial charge in [0.05, 0.1) is 11.5 Å². The van der Waals surface area contributed by atoms with Gasteiger partial charge in [0, 0.05) is 12.3 Å². The third-order valence-corrected chi connectivity index (χ3v) is 5.78. The lowest BCUT2D eigenvalue weighted by atomic mass is 10.0. The smallest absolute Gasteiger partial charge is 0.226 e. The minimum absolute atomic E-state index is 0.0735. The zero-order chi connectivity index (χ0) is 13.3. The monoisotopic (exact) mass is 285 g/mol. The Morgan fingerprint density at radius 3 is 2.95 bits per heavy atom. The average Bonchev–Trinajstić information content (AvgIpc) is 3.05. The van der Waals surface area contributed by atoms with Gasteiger partial charge in [0.1, 0.15) is 0 Å². The molecule has 0 saturated carbocycles. The van der Waals surface area contributed by atoms with Gasteiger partial charge in [-0.15, -0.1) is 0 Å². The van der Waals surface area contributed by atoms with Gasteiger partial charge >= 0.3 is 0 Å². The van der Waals surface area contributed by atoms with Gasteiger partial charge in [0.2, 0.25) is 5.89 Å². The zero-order valence-corrected chi connectivity index (χ0v) is 11.7. The summed E-state index contributed by atoms with van der Waals surface area (Å²) in [7, 11) is -2.89. The van der Waals surface area contributed by atoms with E-state index in [1.54, 1.807) is 0 Å². The van der Waals surface area contributed by atoms with Gasteiger partial charge in [-0.3, -0.25) is 0 Å². The lowest BCUT2D eigenvalue weighted by Crippen LogP contribution is -2.09. The molecular formula is C12H19N3O3S. The minimum atomic E-state index is -2.89. The number of nitrogens with one attached hydrogen (secondary N) is 1. The van der Waals surface area contributed by atoms with Crippen LogP contribution in [0.5, 0.6) is 0 Å². The van der Waals surface area contributed by atoms with Crippen molar-refractivity contribution in [3.8, 4) is 0 Å². The first-order valence-corrected chi connectivity index (χ1v) is 8.68. The summed E-state index contributed by atoms with van der Waals surface area (Å²) in [6.45, 7) is 2.17. The van der Waals surface area contributed by atoms with E-state index in [1.807, 2.05) is 0 Å². The molecule has 1 aromatic rings. The molecule has 1 N–H and O–H groups in total. The van der Waals surface area contributed by atoms with E-state index in [1.165, 1.54) is 6.42 Å². The van der Waals surface area contributed by atoms with Gasteiger partial charge in [-0.25, -0.2) is 8.42 Å². The molecule has 0 bridgehead atoms. The third kappa shape index (κ3) is 3.14. The van der Waals surface area contributed by atoms with Crippen LogP contribution in [0.4, 0.5) is 0 Å². The first-order chi connectivity index (χ1) is 9.12. The van der Waals surface area contributed by atoms with Crippen LogP contribution in [0.2, 0.25) is 0 Å². The summed E-state index contributed by atoms with van der Waals surface area (Å²) in [6, 6.07) is 0. The largest absolute Gasteiger partial charge is 0.339 e. The van der Waals surface area contributed by atoms with Crippen LogP contribution in [0.25, 0.3) is 0 Å². The number of hydrogen-bond acceptors (Lipinski definition) is 6. The van der Waals surface area contributed by atoms with Crippen LogP contribution >= 0.6 is 0 Å². The summed E-state index contributed by atoms with van der Waals surface area (Å²) < 4.78 is 28.1. The predicted molar refractivity (Wildman–Crippen MR) is 69.6 cm³/mol. The van der Waals surface area contributed by atoms with E-state index >= 15 is 0 Å². The lowest BCUT2D eigenvalue weighted by Gasteiger charge is -2.04. The Kier molecular flexibility index (Phi) is 3.58. The Morgan fingerprint density at radius 2 is 2.26 bits per heavy atom. The molecule has 0 spiro atoms. The van der Waals surface area contributed by atoms with Crippen LogP contribution < -0.4 is 5.32 Å². The quantitative estimate of drug-likeness (QED) is 0.868. The number of sulfone groups is 1. The maximum atomic E-state index is 11.4. The van der Waals surface area contributed by atoms with Crippen molar-refractivity contribution in [1.29, 1.82) is 0 Å². The van der Waals surface area contributed by atoms with E-state index < -0.39 is 9.84 Å². The molecule has 3 heterocycles. The highest BCUT2D eigenvalue weighted by molar-refractivity contribution is 7.91. The Bertz CT molecular complexity index is 534. The van der Waals surface area contributed by atoms with Crippen molar-refractivity contribution in [2.75, 3.05) is 24.6 Å². The second-order valence-electron chi connectivity index (χ2n) is 5.54. The molecule has 3 rings (SSSR count). The van der Waals surface area contributed by atoms with Crippen molar-refractivity contribution < 1.29 is 12.9 Å². The van der Waals surface area contributed by atoms with Crippen molar-refractivity contribution in [1.82, 2.24) is 15.5 Å². The standard InChI is InChI=1S/C12H19N3O3S/c16-19(17)6-4-10(8-19)12-14-11(18-15-12)2-1-9-3-5-13-7-9/h9-10,13H,1-8H2. The van der Waals surface area contributed by atoms with Crippen LogP contribution in [0.15, 0.2) is 4.52 Å². The molecule has 0 aromatic carbocycles. The molecule has 1 aromatic heterocycles. The van der Waals surface area contributed by atoms with Crippen molar-refractivity contribution in [3.63, 3.8) is 0 Å². The molecule has 2 aliphatic heterocycles. The maximum absolute atomic E-state index is 11.4. The highest BCUT2D eigenvalue weighted by atomic mass is 32.2. The number of hydrogen-bond donors (Lipinski definition) is 1. The number of nitrogens with zero attached hydrogens (tertiary/aromatic N) is 2. The third-order valence-electron chi connectivity index (χ3n) is 4.01. The van der Waals surface area contributed by atoms with E-state index in [0.717, 1.165) is 25.9 Å². The van der Waals surface area contributed by atoms with E-state index in [0.29, 0.717) is 24.1 Å². The van der Waals surface area contributed by atoms with Gasteiger partial charge in [-0.1, -0.05) is 5.16 Å². The van der Waals surface area contributed by atoms with E-state index in [4.69, 9.17) is 4.52 Å². The fraction of sp³-hybridized carbons (Fsp3) is 0.833. The Morgan fingerprint density at radius 1 is 1.37 bits per heavy atom. The second kappa shape index (κ2) is 5.20. The fourth-order valence-electron chi connectivity index (χ4n) is 2.82. The Labute approximate surface area is 112 Å². The van der Waals surface area contributed by atoms with Gasteiger partial charge in [0.15, 0.2) is 15.7 Å². The van der Waals surface area contributed by atoms with Gasteiger partial charge < -0.3 is 9.84 Å². The average molecular weight is 285 g/mol. The van der Waals surface area contributed by atoms with E-state index in [2.05, 4.69) is 15.5 Å². The summed E-state index contributed by atoms with van der Waals surface area (Å²) in [5, 5.41) is 7.28. The highest BCUT2D eigenvalue weighted by Crippen LogP contribution is 2.27. The number of aryl methyl sites for hydroxylation is 1. The number of rotatable bonds is 4. The molecule has 0 amide bonds. The van der Waals surface area contributed by atoms with E-state index in [-0.39, 0.29) is 17.4 Å². The van der Waals surface area contributed by atoms with Crippen molar-refractivity contribution in [2.24, 2.45) is 5.92 Å². The topological polar surface area (TPSA) is 85.1 Å². The highest BCUT2D eigenvalue weighted by Gasteiger charge is 2.32. The molecule has 19 heavy (non-hydrogen) atoms. The van der Waals surface area contributed by atoms with Crippen molar-refractivity contribution >= 4 is 9.84 Å². The molecule has 106 valence electrons. The molecule has 6 nitrogen and oxygen atoms in total. The van der Waals surface area contributed by atoms with Gasteiger partial charge in [-0.05, 0) is 38.3 Å². The number of aromatic nitrogens is 2. The molecular weight excluding hydrogens is 266 g/mol. The zero-order valence-electron chi connectivity index (χ0n) is 10.8. The molecule has 0 aliphatic carbocycles. The summed E-state index contributed by atoms with van der Waals surface area (Å²) in [5.74, 6) is 2.25. The lowest BCUT2D eigenvalue weighted by molar-refractivity contribution is 0.358. The molecule has 2 aliphatic rings. The predicted octanol–water partition coefficient (Wildman–Crippen LogP) is 0.514. The van der Waals surface area contributed by atoms with Crippen LogP contribution in [0.3, 0.4) is 0 Å².